The van der Waals surface area contributed by atoms with Gasteiger partial charge in [-0.3, -0.25) is 4.68 Å². The third-order valence-corrected chi connectivity index (χ3v) is 5.02. The van der Waals surface area contributed by atoms with Crippen molar-refractivity contribution in [3.05, 3.63) is 18.0 Å². The van der Waals surface area contributed by atoms with Crippen molar-refractivity contribution in [1.82, 2.24) is 20.0 Å². The van der Waals surface area contributed by atoms with Crippen LogP contribution in [0.2, 0.25) is 0 Å². The van der Waals surface area contributed by atoms with Crippen LogP contribution in [-0.2, 0) is 7.05 Å². The Morgan fingerprint density at radius 3 is 2.22 bits per heavy atom. The molecule has 0 atom stereocenters. The molecule has 1 aromatic heterocycles. The van der Waals surface area contributed by atoms with Crippen molar-refractivity contribution >= 4 is 0 Å². The molecule has 1 N–H and O–H groups in total. The molecule has 3 rings (SSSR count). The lowest BCUT2D eigenvalue weighted by atomic mass is 9.83. The summed E-state index contributed by atoms with van der Waals surface area (Å²) < 4.78 is 2.01. The Morgan fingerprint density at radius 2 is 1.78 bits per heavy atom. The second-order valence-corrected chi connectivity index (χ2v) is 6.65. The van der Waals surface area contributed by atoms with Gasteiger partial charge in [0.2, 0.25) is 0 Å². The smallest absolute Gasteiger partial charge is 0.0492 e. The lowest BCUT2D eigenvalue weighted by Gasteiger charge is -2.28. The summed E-state index contributed by atoms with van der Waals surface area (Å²) in [4.78, 5) is 2.40. The Hall–Kier alpha value is -0.870. The first kappa shape index (κ1) is 20.2. The van der Waals surface area contributed by atoms with Crippen molar-refractivity contribution in [2.24, 2.45) is 13.0 Å². The van der Waals surface area contributed by atoms with Crippen LogP contribution in [0.25, 0.3) is 0 Å². The van der Waals surface area contributed by atoms with Gasteiger partial charge in [0.15, 0.2) is 0 Å². The summed E-state index contributed by atoms with van der Waals surface area (Å²) in [6, 6.07) is 2.15. The molecule has 0 bridgehead atoms. The van der Waals surface area contributed by atoms with Crippen molar-refractivity contribution in [3.8, 4) is 0 Å². The maximum atomic E-state index is 4.21. The Bertz CT molecular complexity index is 390. The van der Waals surface area contributed by atoms with Crippen LogP contribution in [0.3, 0.4) is 0 Å². The highest BCUT2D eigenvalue weighted by Crippen LogP contribution is 2.28. The maximum absolute atomic E-state index is 4.21. The fourth-order valence-corrected chi connectivity index (χ4v) is 3.22. The summed E-state index contributed by atoms with van der Waals surface area (Å²) in [5.41, 5.74) is 1.40. The molecule has 4 heteroatoms. The van der Waals surface area contributed by atoms with Gasteiger partial charge in [0.25, 0.3) is 0 Å². The first-order valence-electron chi connectivity index (χ1n) is 9.51. The molecule has 2 aliphatic rings. The number of aryl methyl sites for hydroxylation is 1. The van der Waals surface area contributed by atoms with Gasteiger partial charge in [-0.2, -0.15) is 5.10 Å². The zero-order chi connectivity index (χ0) is 17.1. The first-order valence-corrected chi connectivity index (χ1v) is 9.51. The van der Waals surface area contributed by atoms with Gasteiger partial charge in [-0.15, -0.1) is 0 Å². The molecule has 0 radical (unpaired) electrons. The summed E-state index contributed by atoms with van der Waals surface area (Å²) in [6.45, 7) is 7.65. The number of hydrogen-bond acceptors (Lipinski definition) is 3. The number of piperidine rings is 1. The summed E-state index contributed by atoms with van der Waals surface area (Å²) in [6.07, 6.45) is 10.3. The van der Waals surface area contributed by atoms with Crippen LogP contribution in [-0.4, -0.2) is 48.4 Å². The van der Waals surface area contributed by atoms with Gasteiger partial charge in [-0.25, -0.2) is 0 Å². The fraction of sp³-hybridized carbons (Fsp3) is 0.842. The molecule has 134 valence electrons. The van der Waals surface area contributed by atoms with Crippen LogP contribution in [0.4, 0.5) is 0 Å². The van der Waals surface area contributed by atoms with Crippen molar-refractivity contribution in [2.45, 2.75) is 58.3 Å². The van der Waals surface area contributed by atoms with E-state index in [4.69, 9.17) is 0 Å². The summed E-state index contributed by atoms with van der Waals surface area (Å²) in [7, 11) is 6.26. The van der Waals surface area contributed by atoms with Crippen LogP contribution in [0.15, 0.2) is 12.3 Å². The van der Waals surface area contributed by atoms with Crippen molar-refractivity contribution in [2.75, 3.05) is 33.7 Å². The molecule has 2 heterocycles. The van der Waals surface area contributed by atoms with Gasteiger partial charge < -0.3 is 10.2 Å². The van der Waals surface area contributed by atoms with E-state index in [1.807, 2.05) is 38.8 Å². The standard InChI is InChI=1S/C10H17N3.C7H15N.C2H6/c1-12-7-4-9(5-8-12)10-3-6-11-13(10)2;1-8-6-5-7-3-2-4-7;1-2/h3,6,9H,4-5,7-8H2,1-2H3;7-8H,2-6H2,1H3;1-2H3. The number of hydrogen-bond donors (Lipinski definition) is 1. The fourth-order valence-electron chi connectivity index (χ4n) is 3.22. The predicted molar refractivity (Wildman–Crippen MR) is 99.9 cm³/mol. The highest BCUT2D eigenvalue weighted by Gasteiger charge is 2.20. The minimum Gasteiger partial charge on any atom is -0.320 e. The third-order valence-electron chi connectivity index (χ3n) is 5.02. The van der Waals surface area contributed by atoms with E-state index in [1.54, 1.807) is 0 Å². The van der Waals surface area contributed by atoms with E-state index in [1.165, 1.54) is 63.9 Å². The second-order valence-electron chi connectivity index (χ2n) is 6.65. The van der Waals surface area contributed by atoms with Crippen LogP contribution in [0.5, 0.6) is 0 Å². The number of aromatic nitrogens is 2. The lowest BCUT2D eigenvalue weighted by Crippen LogP contribution is -2.29. The van der Waals surface area contributed by atoms with Crippen molar-refractivity contribution in [1.29, 1.82) is 0 Å². The molecule has 0 amide bonds. The predicted octanol–water partition coefficient (Wildman–Crippen LogP) is 3.65. The zero-order valence-electron chi connectivity index (χ0n) is 16.0. The summed E-state index contributed by atoms with van der Waals surface area (Å²) in [5, 5.41) is 7.38. The normalized spacial score (nSPS) is 19.2. The molecule has 4 nitrogen and oxygen atoms in total. The van der Waals surface area contributed by atoms with Gasteiger partial charge >= 0.3 is 0 Å². The van der Waals surface area contributed by atoms with Crippen LogP contribution in [0, 0.1) is 5.92 Å². The highest BCUT2D eigenvalue weighted by atomic mass is 15.3. The molecule has 23 heavy (non-hydrogen) atoms. The first-order chi connectivity index (χ1) is 11.2. The molecule has 1 saturated carbocycles. The molecule has 1 saturated heterocycles. The van der Waals surface area contributed by atoms with E-state index in [-0.39, 0.29) is 0 Å². The molecule has 0 aromatic carbocycles. The minimum atomic E-state index is 0.726. The van der Waals surface area contributed by atoms with Crippen molar-refractivity contribution in [3.63, 3.8) is 0 Å². The largest absolute Gasteiger partial charge is 0.320 e. The monoisotopic (exact) mass is 322 g/mol. The molecule has 1 aliphatic heterocycles. The lowest BCUT2D eigenvalue weighted by molar-refractivity contribution is 0.251. The molecular formula is C19H38N4. The average Bonchev–Trinajstić information content (AvgIpc) is 2.96. The van der Waals surface area contributed by atoms with Gasteiger partial charge in [-0.1, -0.05) is 33.1 Å². The Labute approximate surface area is 143 Å². The molecule has 2 fully saturated rings. The molecular weight excluding hydrogens is 284 g/mol. The van der Waals surface area contributed by atoms with E-state index in [2.05, 4.69) is 28.4 Å². The molecule has 0 spiro atoms. The van der Waals surface area contributed by atoms with Crippen LogP contribution in [0.1, 0.15) is 64.0 Å². The van der Waals surface area contributed by atoms with E-state index >= 15 is 0 Å². The third kappa shape index (κ3) is 7.05. The number of nitrogens with one attached hydrogen (secondary N) is 1. The van der Waals surface area contributed by atoms with Gasteiger partial charge in [0.1, 0.15) is 0 Å². The number of nitrogens with zero attached hydrogens (tertiary/aromatic N) is 3. The van der Waals surface area contributed by atoms with E-state index in [0.717, 1.165) is 11.8 Å². The topological polar surface area (TPSA) is 33.1 Å². The SMILES string of the molecule is CC.CN1CCC(c2ccnn2C)CC1.CNCCC1CCC1. The Balaban J connectivity index is 0.000000228. The maximum Gasteiger partial charge on any atom is 0.0492 e. The van der Waals surface area contributed by atoms with E-state index in [0.29, 0.717) is 0 Å². The average molecular weight is 323 g/mol. The van der Waals surface area contributed by atoms with Crippen LogP contribution < -0.4 is 5.32 Å². The van der Waals surface area contributed by atoms with E-state index in [9.17, 15) is 0 Å². The number of likely N-dealkylation sites (tertiary alicyclic amines) is 1. The molecule has 1 aromatic rings. The van der Waals surface area contributed by atoms with Gasteiger partial charge in [-0.05, 0) is 65.0 Å². The minimum absolute atomic E-state index is 0.726. The highest BCUT2D eigenvalue weighted by molar-refractivity contribution is 5.08. The quantitative estimate of drug-likeness (QED) is 0.918. The second kappa shape index (κ2) is 11.6. The molecule has 1 aliphatic carbocycles. The van der Waals surface area contributed by atoms with Gasteiger partial charge in [0.05, 0.1) is 0 Å². The van der Waals surface area contributed by atoms with Crippen molar-refractivity contribution < 1.29 is 0 Å². The Kier molecular flexibility index (Phi) is 10.2. The zero-order valence-corrected chi connectivity index (χ0v) is 16.0. The van der Waals surface area contributed by atoms with Gasteiger partial charge in [0, 0.05) is 24.9 Å². The number of rotatable bonds is 4. The van der Waals surface area contributed by atoms with Crippen LogP contribution >= 0.6 is 0 Å². The summed E-state index contributed by atoms with van der Waals surface area (Å²) in [5.74, 6) is 1.80. The molecule has 0 unspecified atom stereocenters. The summed E-state index contributed by atoms with van der Waals surface area (Å²) >= 11 is 0. The Morgan fingerprint density at radius 1 is 1.13 bits per heavy atom. The van der Waals surface area contributed by atoms with E-state index < -0.39 is 0 Å².